The van der Waals surface area contributed by atoms with Crippen LogP contribution in [0, 0.1) is 11.3 Å². The fourth-order valence-corrected chi connectivity index (χ4v) is 3.33. The van der Waals surface area contributed by atoms with Crippen molar-refractivity contribution in [2.75, 3.05) is 55.4 Å². The van der Waals surface area contributed by atoms with Gasteiger partial charge in [0.25, 0.3) is 11.8 Å². The highest BCUT2D eigenvalue weighted by Crippen LogP contribution is 2.18. The molecule has 162 valence electrons. The van der Waals surface area contributed by atoms with Crippen LogP contribution in [0.15, 0.2) is 48.5 Å². The van der Waals surface area contributed by atoms with Gasteiger partial charge in [0.2, 0.25) is 0 Å². The van der Waals surface area contributed by atoms with E-state index >= 15 is 0 Å². The Bertz CT molecular complexity index is 948. The number of carbonyl (C=O) groups is 2. The average Bonchev–Trinajstić information content (AvgIpc) is 2.79. The first-order valence-electron chi connectivity index (χ1n) is 10.3. The van der Waals surface area contributed by atoms with Crippen LogP contribution in [0.5, 0.6) is 0 Å². The minimum Gasteiger partial charge on any atom is -0.378 e. The van der Waals surface area contributed by atoms with Crippen LogP contribution in [0.3, 0.4) is 0 Å². The van der Waals surface area contributed by atoms with E-state index in [1.165, 1.54) is 0 Å². The van der Waals surface area contributed by atoms with E-state index in [9.17, 15) is 9.59 Å². The van der Waals surface area contributed by atoms with Crippen molar-refractivity contribution in [3.63, 3.8) is 0 Å². The predicted octanol–water partition coefficient (Wildman–Crippen LogP) is 0.875. The summed E-state index contributed by atoms with van der Waals surface area (Å²) >= 11 is 0. The van der Waals surface area contributed by atoms with Gasteiger partial charge < -0.3 is 25.2 Å². The number of anilines is 3. The number of nitrogens with zero attached hydrogens (tertiary/aromatic N) is 2. The largest absolute Gasteiger partial charge is 0.378 e. The molecule has 0 aromatic heterocycles. The van der Waals surface area contributed by atoms with Crippen molar-refractivity contribution < 1.29 is 19.2 Å². The lowest BCUT2D eigenvalue weighted by molar-refractivity contribution is -0.885. The third kappa shape index (κ3) is 6.28. The molecule has 8 nitrogen and oxygen atoms in total. The number of morpholine rings is 1. The molecule has 1 heterocycles. The first kappa shape index (κ1) is 22.3. The number of benzene rings is 2. The first-order valence-corrected chi connectivity index (χ1v) is 10.3. The van der Waals surface area contributed by atoms with Gasteiger partial charge in [-0.1, -0.05) is 6.07 Å². The molecule has 3 rings (SSSR count). The van der Waals surface area contributed by atoms with E-state index in [1.807, 2.05) is 30.3 Å². The molecule has 1 unspecified atom stereocenters. The molecule has 1 aliphatic heterocycles. The summed E-state index contributed by atoms with van der Waals surface area (Å²) in [4.78, 5) is 28.0. The monoisotopic (exact) mass is 422 g/mol. The molecule has 2 aromatic carbocycles. The standard InChI is InChI=1S/C23H27N5O3/c1-17(23(30)26-20-5-3-4-18(14-20)15-24)27(2)16-22(29)25-19-6-8-21(9-7-19)28-10-12-31-13-11-28/h3-9,14,17H,10-13,16H2,1-2H3,(H,25,29)(H,26,30)/p+1/t17-/m0/s1. The molecule has 2 amide bonds. The van der Waals surface area contributed by atoms with Crippen LogP contribution in [0.4, 0.5) is 17.1 Å². The van der Waals surface area contributed by atoms with Gasteiger partial charge in [0.1, 0.15) is 0 Å². The zero-order valence-electron chi connectivity index (χ0n) is 17.9. The second-order valence-corrected chi connectivity index (χ2v) is 7.62. The molecule has 2 aromatic rings. The van der Waals surface area contributed by atoms with Crippen LogP contribution in [-0.4, -0.2) is 57.8 Å². The van der Waals surface area contributed by atoms with Crippen molar-refractivity contribution in [2.24, 2.45) is 0 Å². The molecular formula is C23H28N5O3+. The van der Waals surface area contributed by atoms with Crippen LogP contribution in [0.25, 0.3) is 0 Å². The third-order valence-electron chi connectivity index (χ3n) is 5.36. The number of ether oxygens (including phenoxy) is 1. The van der Waals surface area contributed by atoms with E-state index in [2.05, 4.69) is 15.5 Å². The van der Waals surface area contributed by atoms with Gasteiger partial charge in [0, 0.05) is 30.2 Å². The summed E-state index contributed by atoms with van der Waals surface area (Å²) in [5.41, 5.74) is 2.87. The Morgan fingerprint density at radius 2 is 1.84 bits per heavy atom. The highest BCUT2D eigenvalue weighted by atomic mass is 16.5. The van der Waals surface area contributed by atoms with Crippen molar-refractivity contribution in [1.82, 2.24) is 0 Å². The summed E-state index contributed by atoms with van der Waals surface area (Å²) in [6.07, 6.45) is 0. The molecule has 8 heteroatoms. The molecule has 0 bridgehead atoms. The summed E-state index contributed by atoms with van der Waals surface area (Å²) in [6.45, 7) is 5.09. The molecule has 3 N–H and O–H groups in total. The fraction of sp³-hybridized carbons (Fsp3) is 0.348. The van der Waals surface area contributed by atoms with Crippen LogP contribution in [0.2, 0.25) is 0 Å². The zero-order valence-corrected chi connectivity index (χ0v) is 17.9. The lowest BCUT2D eigenvalue weighted by atomic mass is 10.2. The highest BCUT2D eigenvalue weighted by Gasteiger charge is 2.24. The van der Waals surface area contributed by atoms with Crippen molar-refractivity contribution in [1.29, 1.82) is 5.26 Å². The highest BCUT2D eigenvalue weighted by molar-refractivity contribution is 5.94. The van der Waals surface area contributed by atoms with Crippen molar-refractivity contribution in [3.8, 4) is 6.07 Å². The average molecular weight is 423 g/mol. The molecule has 0 aliphatic carbocycles. The lowest BCUT2D eigenvalue weighted by Gasteiger charge is -2.28. The van der Waals surface area contributed by atoms with Gasteiger partial charge in [-0.3, -0.25) is 9.59 Å². The topological polar surface area (TPSA) is 98.9 Å². The Morgan fingerprint density at radius 3 is 2.52 bits per heavy atom. The molecule has 0 radical (unpaired) electrons. The van der Waals surface area contributed by atoms with Gasteiger partial charge in [-0.2, -0.15) is 5.26 Å². The fourth-order valence-electron chi connectivity index (χ4n) is 3.33. The van der Waals surface area contributed by atoms with Crippen LogP contribution in [-0.2, 0) is 14.3 Å². The van der Waals surface area contributed by atoms with Gasteiger partial charge >= 0.3 is 0 Å². The summed E-state index contributed by atoms with van der Waals surface area (Å²) in [7, 11) is 1.80. The SMILES string of the molecule is C[C@@H](C(=O)Nc1cccc(C#N)c1)[NH+](C)CC(=O)Nc1ccc(N2CCOCC2)cc1. The molecule has 1 aliphatic rings. The lowest BCUT2D eigenvalue weighted by Crippen LogP contribution is -3.14. The third-order valence-corrected chi connectivity index (χ3v) is 5.36. The molecule has 1 saturated heterocycles. The molecule has 31 heavy (non-hydrogen) atoms. The van der Waals surface area contributed by atoms with Crippen molar-refractivity contribution >= 4 is 28.9 Å². The summed E-state index contributed by atoms with van der Waals surface area (Å²) in [5.74, 6) is -0.377. The number of amides is 2. The first-order chi connectivity index (χ1) is 15.0. The number of nitriles is 1. The minimum absolute atomic E-state index is 0.151. The van der Waals surface area contributed by atoms with E-state index in [0.29, 0.717) is 11.3 Å². The Labute approximate surface area is 182 Å². The zero-order chi connectivity index (χ0) is 22.2. The molecule has 0 spiro atoms. The number of likely N-dealkylation sites (N-methyl/N-ethyl adjacent to an activating group) is 1. The normalized spacial score (nSPS) is 15.5. The Morgan fingerprint density at radius 1 is 1.13 bits per heavy atom. The van der Waals surface area contributed by atoms with Gasteiger partial charge in [-0.15, -0.1) is 0 Å². The maximum Gasteiger partial charge on any atom is 0.282 e. The summed E-state index contributed by atoms with van der Waals surface area (Å²) < 4.78 is 5.37. The molecule has 1 fully saturated rings. The van der Waals surface area contributed by atoms with Crippen LogP contribution < -0.4 is 20.4 Å². The quantitative estimate of drug-likeness (QED) is 0.615. The van der Waals surface area contributed by atoms with Gasteiger partial charge in [-0.05, 0) is 49.4 Å². The number of rotatable bonds is 7. The number of carbonyl (C=O) groups excluding carboxylic acids is 2. The smallest absolute Gasteiger partial charge is 0.282 e. The van der Waals surface area contributed by atoms with Crippen LogP contribution in [0.1, 0.15) is 12.5 Å². The molecular weight excluding hydrogens is 394 g/mol. The van der Waals surface area contributed by atoms with E-state index in [4.69, 9.17) is 10.00 Å². The second-order valence-electron chi connectivity index (χ2n) is 7.62. The van der Waals surface area contributed by atoms with E-state index < -0.39 is 6.04 Å². The maximum atomic E-state index is 12.5. The van der Waals surface area contributed by atoms with Crippen LogP contribution >= 0.6 is 0 Å². The molecule has 2 atom stereocenters. The summed E-state index contributed by atoms with van der Waals surface area (Å²) in [6, 6.07) is 16.1. The Kier molecular flexibility index (Phi) is 7.60. The number of quaternary nitrogens is 1. The van der Waals surface area contributed by atoms with Gasteiger partial charge in [0.15, 0.2) is 12.6 Å². The van der Waals surface area contributed by atoms with Gasteiger partial charge in [0.05, 0.1) is 31.9 Å². The predicted molar refractivity (Wildman–Crippen MR) is 119 cm³/mol. The van der Waals surface area contributed by atoms with E-state index in [0.717, 1.165) is 42.6 Å². The number of nitrogens with one attached hydrogen (secondary N) is 3. The van der Waals surface area contributed by atoms with Gasteiger partial charge in [-0.25, -0.2) is 0 Å². The second kappa shape index (κ2) is 10.6. The van der Waals surface area contributed by atoms with Crippen molar-refractivity contribution in [3.05, 3.63) is 54.1 Å². The maximum absolute atomic E-state index is 12.5. The van der Waals surface area contributed by atoms with E-state index in [-0.39, 0.29) is 18.4 Å². The molecule has 0 saturated carbocycles. The Hall–Kier alpha value is -3.41. The summed E-state index contributed by atoms with van der Waals surface area (Å²) in [5, 5.41) is 14.7. The Balaban J connectivity index is 1.49. The number of hydrogen-bond acceptors (Lipinski definition) is 5. The van der Waals surface area contributed by atoms with Crippen molar-refractivity contribution in [2.45, 2.75) is 13.0 Å². The minimum atomic E-state index is -0.444. The number of hydrogen-bond donors (Lipinski definition) is 3. The van der Waals surface area contributed by atoms with E-state index in [1.54, 1.807) is 38.2 Å².